The molecular weight excluding hydrogens is 328 g/mol. The largest absolute Gasteiger partial charge is 0.391 e. The average Bonchev–Trinajstić information content (AvgIpc) is 2.17. The van der Waals surface area contributed by atoms with Crippen LogP contribution in [0, 0.1) is 0 Å². The zero-order valence-corrected chi connectivity index (χ0v) is 12.6. The highest BCUT2D eigenvalue weighted by atomic mass is 79.9. The molecule has 5 heteroatoms. The molecule has 0 saturated heterocycles. The lowest BCUT2D eigenvalue weighted by atomic mass is 10.1. The van der Waals surface area contributed by atoms with Crippen molar-refractivity contribution in [3.63, 3.8) is 0 Å². The van der Waals surface area contributed by atoms with E-state index < -0.39 is 20.6 Å². The SMILES string of the molecule is CCC(C)(Br)C(=O)OC(=O)C(C)(Br)CC. The predicted molar refractivity (Wildman–Crippen MR) is 66.3 cm³/mol. The van der Waals surface area contributed by atoms with E-state index in [2.05, 4.69) is 31.9 Å². The monoisotopic (exact) mass is 342 g/mol. The number of hydrogen-bond donors (Lipinski definition) is 0. The van der Waals surface area contributed by atoms with Gasteiger partial charge in [0, 0.05) is 0 Å². The van der Waals surface area contributed by atoms with Crippen LogP contribution < -0.4 is 0 Å². The van der Waals surface area contributed by atoms with Gasteiger partial charge in [0.1, 0.15) is 8.65 Å². The van der Waals surface area contributed by atoms with E-state index in [0.717, 1.165) is 0 Å². The second-order valence-electron chi connectivity index (χ2n) is 3.78. The van der Waals surface area contributed by atoms with Crippen LogP contribution in [0.15, 0.2) is 0 Å². The maximum absolute atomic E-state index is 11.6. The van der Waals surface area contributed by atoms with E-state index in [9.17, 15) is 9.59 Å². The molecule has 0 amide bonds. The molecule has 88 valence electrons. The van der Waals surface area contributed by atoms with Gasteiger partial charge in [-0.25, -0.2) is 0 Å². The van der Waals surface area contributed by atoms with Crippen LogP contribution in [-0.2, 0) is 14.3 Å². The summed E-state index contributed by atoms with van der Waals surface area (Å²) in [5.74, 6) is -1.09. The van der Waals surface area contributed by atoms with Crippen molar-refractivity contribution in [3.05, 3.63) is 0 Å². The highest BCUT2D eigenvalue weighted by molar-refractivity contribution is 9.10. The first-order valence-corrected chi connectivity index (χ1v) is 6.40. The fraction of sp³-hybridized carbons (Fsp3) is 0.800. The standard InChI is InChI=1S/C10H16Br2O3/c1-5-9(3,11)7(13)15-8(14)10(4,12)6-2/h5-6H2,1-4H3. The van der Waals surface area contributed by atoms with Crippen LogP contribution >= 0.6 is 31.9 Å². The van der Waals surface area contributed by atoms with Crippen LogP contribution in [0.5, 0.6) is 0 Å². The molecule has 0 heterocycles. The van der Waals surface area contributed by atoms with Crippen molar-refractivity contribution in [2.45, 2.75) is 49.2 Å². The smallest absolute Gasteiger partial charge is 0.330 e. The maximum Gasteiger partial charge on any atom is 0.330 e. The molecule has 0 spiro atoms. The Morgan fingerprint density at radius 1 is 1.00 bits per heavy atom. The molecule has 0 aromatic heterocycles. The van der Waals surface area contributed by atoms with Crippen molar-refractivity contribution in [2.24, 2.45) is 0 Å². The molecule has 3 nitrogen and oxygen atoms in total. The number of halogens is 2. The van der Waals surface area contributed by atoms with Crippen molar-refractivity contribution in [2.75, 3.05) is 0 Å². The molecule has 2 atom stereocenters. The molecule has 0 N–H and O–H groups in total. The van der Waals surface area contributed by atoms with Gasteiger partial charge in [-0.1, -0.05) is 45.7 Å². The Kier molecular flexibility index (Phi) is 5.47. The summed E-state index contributed by atoms with van der Waals surface area (Å²) in [4.78, 5) is 23.1. The van der Waals surface area contributed by atoms with Crippen molar-refractivity contribution in [3.8, 4) is 0 Å². The Balaban J connectivity index is 4.51. The van der Waals surface area contributed by atoms with Crippen molar-refractivity contribution < 1.29 is 14.3 Å². The van der Waals surface area contributed by atoms with Gasteiger partial charge in [-0.15, -0.1) is 0 Å². The van der Waals surface area contributed by atoms with Crippen LogP contribution in [-0.4, -0.2) is 20.6 Å². The number of ether oxygens (including phenoxy) is 1. The third-order valence-corrected chi connectivity index (χ3v) is 4.13. The predicted octanol–water partition coefficient (Wildman–Crippen LogP) is 3.18. The highest BCUT2D eigenvalue weighted by Gasteiger charge is 2.37. The minimum Gasteiger partial charge on any atom is -0.391 e. The fourth-order valence-corrected chi connectivity index (χ4v) is 0.748. The average molecular weight is 344 g/mol. The summed E-state index contributed by atoms with van der Waals surface area (Å²) in [6.07, 6.45) is 1.12. The summed E-state index contributed by atoms with van der Waals surface area (Å²) < 4.78 is 3.21. The van der Waals surface area contributed by atoms with Crippen LogP contribution in [0.4, 0.5) is 0 Å². The topological polar surface area (TPSA) is 43.4 Å². The second kappa shape index (κ2) is 5.43. The van der Waals surface area contributed by atoms with Gasteiger partial charge in [-0.3, -0.25) is 9.59 Å². The highest BCUT2D eigenvalue weighted by Crippen LogP contribution is 2.27. The van der Waals surface area contributed by atoms with Gasteiger partial charge in [0.05, 0.1) is 0 Å². The molecule has 0 aromatic carbocycles. The Morgan fingerprint density at radius 2 is 1.27 bits per heavy atom. The van der Waals surface area contributed by atoms with E-state index >= 15 is 0 Å². The Bertz CT molecular complexity index is 233. The third-order valence-electron chi connectivity index (χ3n) is 2.36. The molecule has 0 bridgehead atoms. The quantitative estimate of drug-likeness (QED) is 0.447. The summed E-state index contributed by atoms with van der Waals surface area (Å²) in [5, 5.41) is 0. The van der Waals surface area contributed by atoms with Crippen LogP contribution in [0.25, 0.3) is 0 Å². The molecule has 0 rings (SSSR count). The van der Waals surface area contributed by atoms with Crippen molar-refractivity contribution >= 4 is 43.8 Å². The van der Waals surface area contributed by atoms with Gasteiger partial charge >= 0.3 is 11.9 Å². The summed E-state index contributed by atoms with van der Waals surface area (Å²) in [6, 6.07) is 0. The summed E-state index contributed by atoms with van der Waals surface area (Å²) in [7, 11) is 0. The molecule has 0 fully saturated rings. The lowest BCUT2D eigenvalue weighted by molar-refractivity contribution is -0.162. The van der Waals surface area contributed by atoms with Gasteiger partial charge in [-0.2, -0.15) is 0 Å². The van der Waals surface area contributed by atoms with E-state index in [-0.39, 0.29) is 0 Å². The summed E-state index contributed by atoms with van der Waals surface area (Å²) in [5.41, 5.74) is 0. The Hall–Kier alpha value is 0.1000. The molecule has 0 aliphatic heterocycles. The first-order chi connectivity index (χ1) is 6.67. The van der Waals surface area contributed by atoms with E-state index in [1.807, 2.05) is 13.8 Å². The lowest BCUT2D eigenvalue weighted by Crippen LogP contribution is -2.38. The van der Waals surface area contributed by atoms with Gasteiger partial charge in [-0.05, 0) is 26.7 Å². The van der Waals surface area contributed by atoms with E-state index in [1.54, 1.807) is 13.8 Å². The van der Waals surface area contributed by atoms with Crippen molar-refractivity contribution in [1.82, 2.24) is 0 Å². The van der Waals surface area contributed by atoms with Gasteiger partial charge in [0.15, 0.2) is 0 Å². The maximum atomic E-state index is 11.6. The number of alkyl halides is 2. The van der Waals surface area contributed by atoms with Crippen LogP contribution in [0.3, 0.4) is 0 Å². The molecule has 0 radical (unpaired) electrons. The van der Waals surface area contributed by atoms with E-state index in [4.69, 9.17) is 4.74 Å². The fourth-order valence-electron chi connectivity index (χ4n) is 0.586. The number of carbonyl (C=O) groups is 2. The van der Waals surface area contributed by atoms with Crippen LogP contribution in [0.1, 0.15) is 40.5 Å². The minimum atomic E-state index is -0.792. The molecule has 0 aliphatic carbocycles. The summed E-state index contributed by atoms with van der Waals surface area (Å²) >= 11 is 6.44. The Labute approximate surface area is 107 Å². The molecule has 15 heavy (non-hydrogen) atoms. The van der Waals surface area contributed by atoms with Gasteiger partial charge < -0.3 is 4.74 Å². The first kappa shape index (κ1) is 15.1. The third kappa shape index (κ3) is 4.23. The molecular formula is C10H16Br2O3. The normalized spacial score (nSPS) is 18.8. The minimum absolute atomic E-state index is 0.547. The number of rotatable bonds is 4. The number of carbonyl (C=O) groups excluding carboxylic acids is 2. The number of hydrogen-bond acceptors (Lipinski definition) is 3. The van der Waals surface area contributed by atoms with Crippen LogP contribution in [0.2, 0.25) is 0 Å². The van der Waals surface area contributed by atoms with Gasteiger partial charge in [0.25, 0.3) is 0 Å². The Morgan fingerprint density at radius 3 is 1.47 bits per heavy atom. The second-order valence-corrected chi connectivity index (χ2v) is 7.28. The lowest BCUT2D eigenvalue weighted by Gasteiger charge is -2.22. The van der Waals surface area contributed by atoms with E-state index in [1.165, 1.54) is 0 Å². The van der Waals surface area contributed by atoms with E-state index in [0.29, 0.717) is 12.8 Å². The molecule has 0 saturated carbocycles. The number of esters is 2. The zero-order valence-electron chi connectivity index (χ0n) is 9.39. The molecule has 0 aliphatic rings. The van der Waals surface area contributed by atoms with Crippen molar-refractivity contribution in [1.29, 1.82) is 0 Å². The summed E-state index contributed by atoms with van der Waals surface area (Å²) in [6.45, 7) is 7.04. The first-order valence-electron chi connectivity index (χ1n) is 4.82. The molecule has 0 aromatic rings. The van der Waals surface area contributed by atoms with Gasteiger partial charge in [0.2, 0.25) is 0 Å². The molecule has 2 unspecified atom stereocenters. The zero-order chi connectivity index (χ0) is 12.3.